The van der Waals surface area contributed by atoms with Crippen LogP contribution in [0.25, 0.3) is 10.9 Å². The first kappa shape index (κ1) is 18.3. The number of para-hydroxylation sites is 1. The summed E-state index contributed by atoms with van der Waals surface area (Å²) in [5, 5.41) is 1.09. The van der Waals surface area contributed by atoms with E-state index in [2.05, 4.69) is 20.9 Å². The fraction of sp³-hybridized carbons (Fsp3) is 0.435. The Balaban J connectivity index is 1.44. The van der Waals surface area contributed by atoms with E-state index < -0.39 is 0 Å². The van der Waals surface area contributed by atoms with Gasteiger partial charge in [0.15, 0.2) is 0 Å². The highest BCUT2D eigenvalue weighted by Crippen LogP contribution is 2.44. The van der Waals surface area contributed by atoms with Gasteiger partial charge in [-0.1, -0.05) is 18.2 Å². The molecule has 150 valence electrons. The van der Waals surface area contributed by atoms with E-state index in [-0.39, 0.29) is 11.0 Å². The highest BCUT2D eigenvalue weighted by Gasteiger charge is 2.43. The summed E-state index contributed by atoms with van der Waals surface area (Å²) in [6.45, 7) is 2.66. The van der Waals surface area contributed by atoms with E-state index in [0.717, 1.165) is 61.2 Å². The van der Waals surface area contributed by atoms with Gasteiger partial charge in [0, 0.05) is 49.9 Å². The van der Waals surface area contributed by atoms with E-state index in [1.54, 1.807) is 0 Å². The van der Waals surface area contributed by atoms with Crippen molar-refractivity contribution in [2.75, 3.05) is 32.1 Å². The second-order valence-corrected chi connectivity index (χ2v) is 8.74. The first-order chi connectivity index (χ1) is 14.0. The monoisotopic (exact) mass is 389 g/mol. The number of likely N-dealkylation sites (tertiary alicyclic amines) is 1. The third-order valence-electron chi connectivity index (χ3n) is 6.51. The molecule has 1 unspecified atom stereocenters. The van der Waals surface area contributed by atoms with Gasteiger partial charge in [-0.25, -0.2) is 9.97 Å². The van der Waals surface area contributed by atoms with E-state index in [0.29, 0.717) is 6.54 Å². The van der Waals surface area contributed by atoms with Crippen LogP contribution < -0.4 is 10.5 Å². The molecular formula is C23H27N5O. The number of hydrogen-bond acceptors (Lipinski definition) is 5. The molecule has 1 aliphatic heterocycles. The van der Waals surface area contributed by atoms with Crippen LogP contribution in [0, 0.1) is 0 Å². The lowest BCUT2D eigenvalue weighted by atomic mass is 9.77. The molecule has 2 aliphatic rings. The summed E-state index contributed by atoms with van der Waals surface area (Å²) < 4.78 is 0. The summed E-state index contributed by atoms with van der Waals surface area (Å²) in [5.41, 5.74) is 4.37. The molecule has 0 amide bonds. The molecule has 6 nitrogen and oxygen atoms in total. The Morgan fingerprint density at radius 2 is 2.10 bits per heavy atom. The quantitative estimate of drug-likeness (QED) is 0.746. The smallest absolute Gasteiger partial charge is 0.252 e. The molecule has 6 heteroatoms. The van der Waals surface area contributed by atoms with Crippen LogP contribution in [0.3, 0.4) is 0 Å². The molecule has 2 aromatic heterocycles. The van der Waals surface area contributed by atoms with Crippen LogP contribution in [0.5, 0.6) is 0 Å². The van der Waals surface area contributed by atoms with Crippen molar-refractivity contribution < 1.29 is 0 Å². The van der Waals surface area contributed by atoms with Crippen LogP contribution in [0.1, 0.15) is 36.1 Å². The molecule has 0 bridgehead atoms. The number of aromatic nitrogens is 3. The van der Waals surface area contributed by atoms with Crippen LogP contribution in [-0.4, -0.2) is 47.0 Å². The molecule has 1 N–H and O–H groups in total. The molecule has 1 spiro atoms. The van der Waals surface area contributed by atoms with Gasteiger partial charge in [-0.05, 0) is 55.3 Å². The first-order valence-corrected chi connectivity index (χ1v) is 10.4. The van der Waals surface area contributed by atoms with Gasteiger partial charge >= 0.3 is 0 Å². The number of nitrogens with one attached hydrogen (secondary N) is 1. The lowest BCUT2D eigenvalue weighted by molar-refractivity contribution is 0.136. The topological polar surface area (TPSA) is 65.1 Å². The van der Waals surface area contributed by atoms with Crippen LogP contribution in [-0.2, 0) is 18.4 Å². The molecule has 5 rings (SSSR count). The van der Waals surface area contributed by atoms with Crippen molar-refractivity contribution in [2.24, 2.45) is 0 Å². The Kier molecular flexibility index (Phi) is 4.39. The number of piperidine rings is 1. The fourth-order valence-corrected chi connectivity index (χ4v) is 5.06. The minimum Gasteiger partial charge on any atom is -0.347 e. The SMILES string of the molecule is CN(C)c1ncc2c(n1)C1(CCCN(Cc3cc4ccccc4[nH]c3=O)C1)CC2. The largest absolute Gasteiger partial charge is 0.347 e. The molecule has 1 aliphatic carbocycles. The number of H-pyrrole nitrogens is 1. The Bertz CT molecular complexity index is 1120. The van der Waals surface area contributed by atoms with Crippen molar-refractivity contribution in [3.8, 4) is 0 Å². The molecule has 1 fully saturated rings. The Hall–Kier alpha value is -2.73. The van der Waals surface area contributed by atoms with Crippen molar-refractivity contribution in [1.82, 2.24) is 19.9 Å². The van der Waals surface area contributed by atoms with E-state index in [1.807, 2.05) is 49.5 Å². The Labute approximate surface area is 170 Å². The number of aryl methyl sites for hydroxylation is 1. The molecule has 1 aromatic carbocycles. The van der Waals surface area contributed by atoms with E-state index in [9.17, 15) is 4.79 Å². The number of fused-ring (bicyclic) bond motifs is 3. The van der Waals surface area contributed by atoms with Crippen molar-refractivity contribution in [3.63, 3.8) is 0 Å². The Morgan fingerprint density at radius 3 is 2.97 bits per heavy atom. The fourth-order valence-electron chi connectivity index (χ4n) is 5.06. The van der Waals surface area contributed by atoms with Gasteiger partial charge in [-0.2, -0.15) is 0 Å². The predicted molar refractivity (Wildman–Crippen MR) is 115 cm³/mol. The number of anilines is 1. The van der Waals surface area contributed by atoms with Gasteiger partial charge in [0.25, 0.3) is 5.56 Å². The number of aromatic amines is 1. The van der Waals surface area contributed by atoms with Crippen molar-refractivity contribution in [3.05, 3.63) is 63.7 Å². The van der Waals surface area contributed by atoms with E-state index in [1.165, 1.54) is 11.3 Å². The maximum absolute atomic E-state index is 12.6. The number of benzene rings is 1. The first-order valence-electron chi connectivity index (χ1n) is 10.4. The summed E-state index contributed by atoms with van der Waals surface area (Å²) in [6.07, 6.45) is 6.48. The number of hydrogen-bond donors (Lipinski definition) is 1. The van der Waals surface area contributed by atoms with E-state index >= 15 is 0 Å². The summed E-state index contributed by atoms with van der Waals surface area (Å²) in [7, 11) is 3.98. The standard InChI is InChI=1S/C23H27N5O/c1-27(2)22-24-13-17-8-10-23(20(17)26-22)9-5-11-28(15-23)14-18-12-16-6-3-4-7-19(16)25-21(18)29/h3-4,6-7,12-13H,5,8-11,14-15H2,1-2H3,(H,25,29). The normalized spacial score (nSPS) is 21.6. The average molecular weight is 390 g/mol. The van der Waals surface area contributed by atoms with Crippen LogP contribution >= 0.6 is 0 Å². The molecule has 1 saturated heterocycles. The molecule has 1 atom stereocenters. The zero-order valence-electron chi connectivity index (χ0n) is 17.1. The number of rotatable bonds is 3. The third-order valence-corrected chi connectivity index (χ3v) is 6.51. The van der Waals surface area contributed by atoms with Gasteiger partial charge in [-0.15, -0.1) is 0 Å². The van der Waals surface area contributed by atoms with Gasteiger partial charge in [0.05, 0.1) is 5.69 Å². The zero-order chi connectivity index (χ0) is 20.0. The lowest BCUT2D eigenvalue weighted by Gasteiger charge is -2.40. The molecule has 3 heterocycles. The zero-order valence-corrected chi connectivity index (χ0v) is 17.1. The molecule has 29 heavy (non-hydrogen) atoms. The van der Waals surface area contributed by atoms with Crippen LogP contribution in [0.15, 0.2) is 41.3 Å². The molecular weight excluding hydrogens is 362 g/mol. The van der Waals surface area contributed by atoms with E-state index in [4.69, 9.17) is 4.98 Å². The average Bonchev–Trinajstić information content (AvgIpc) is 3.06. The summed E-state index contributed by atoms with van der Waals surface area (Å²) >= 11 is 0. The second-order valence-electron chi connectivity index (χ2n) is 8.74. The number of nitrogens with zero attached hydrogens (tertiary/aromatic N) is 4. The summed E-state index contributed by atoms with van der Waals surface area (Å²) in [5.74, 6) is 0.785. The van der Waals surface area contributed by atoms with Crippen molar-refractivity contribution >= 4 is 16.9 Å². The highest BCUT2D eigenvalue weighted by molar-refractivity contribution is 5.78. The summed E-state index contributed by atoms with van der Waals surface area (Å²) in [6, 6.07) is 10.0. The summed E-state index contributed by atoms with van der Waals surface area (Å²) in [4.78, 5) is 29.5. The van der Waals surface area contributed by atoms with Crippen molar-refractivity contribution in [1.29, 1.82) is 0 Å². The van der Waals surface area contributed by atoms with Gasteiger partial charge in [0.2, 0.25) is 5.95 Å². The van der Waals surface area contributed by atoms with Crippen molar-refractivity contribution in [2.45, 2.75) is 37.6 Å². The predicted octanol–water partition coefficient (Wildman–Crippen LogP) is 2.86. The third kappa shape index (κ3) is 3.21. The van der Waals surface area contributed by atoms with Gasteiger partial charge < -0.3 is 9.88 Å². The van der Waals surface area contributed by atoms with Crippen LogP contribution in [0.4, 0.5) is 5.95 Å². The molecule has 3 aromatic rings. The number of pyridine rings is 1. The van der Waals surface area contributed by atoms with Gasteiger partial charge in [0.1, 0.15) is 0 Å². The maximum atomic E-state index is 12.6. The Morgan fingerprint density at radius 1 is 1.24 bits per heavy atom. The molecule has 0 saturated carbocycles. The van der Waals surface area contributed by atoms with Crippen LogP contribution in [0.2, 0.25) is 0 Å². The minimum absolute atomic E-state index is 0.0207. The molecule has 0 radical (unpaired) electrons. The highest BCUT2D eigenvalue weighted by atomic mass is 16.1. The maximum Gasteiger partial charge on any atom is 0.252 e. The second kappa shape index (κ2) is 6.95. The van der Waals surface area contributed by atoms with Gasteiger partial charge in [-0.3, -0.25) is 9.69 Å². The minimum atomic E-state index is 0.0207. The lowest BCUT2D eigenvalue weighted by Crippen LogP contribution is -2.45.